The molecular formula is C8H26O11Ti. The Morgan fingerprint density at radius 3 is 0.500 bits per heavy atom. The maximum absolute atomic E-state index is 8.81. The normalized spacial score (nSPS) is 7.30. The molecule has 0 spiro atoms. The van der Waals surface area contributed by atoms with E-state index < -0.39 is 18.6 Å². The molecule has 0 atom stereocenters. The fraction of sp³-hybridized carbons (Fsp3) is 1.00. The second-order valence-corrected chi connectivity index (χ2v) is 2.95. The Morgan fingerprint density at radius 1 is 0.450 bits per heavy atom. The van der Waals surface area contributed by atoms with Crippen molar-refractivity contribution in [3.8, 4) is 0 Å². The number of hydrogen-bond acceptors (Lipinski definition) is 9. The van der Waals surface area contributed by atoms with Gasteiger partial charge in [-0.25, -0.2) is 0 Å². The summed E-state index contributed by atoms with van der Waals surface area (Å²) in [6, 6.07) is 0. The van der Waals surface area contributed by atoms with Crippen LogP contribution in [0, 0.1) is 0 Å². The average Bonchev–Trinajstić information content (AvgIpc) is 2.47. The molecule has 0 radical (unpaired) electrons. The molecule has 0 saturated carbocycles. The van der Waals surface area contributed by atoms with E-state index in [-0.39, 0.29) is 52.9 Å². The van der Waals surface area contributed by atoms with Gasteiger partial charge in [-0.3, -0.25) is 0 Å². The van der Waals surface area contributed by atoms with Gasteiger partial charge >= 0.3 is 29.3 Å². The van der Waals surface area contributed by atoms with Crippen LogP contribution in [-0.4, -0.2) is 101 Å². The zero-order chi connectivity index (χ0) is 17.2. The van der Waals surface area contributed by atoms with Gasteiger partial charge in [0, 0.05) is 0 Å². The summed E-state index contributed by atoms with van der Waals surface area (Å²) in [5.41, 5.74) is 0. The van der Waals surface area contributed by atoms with Crippen LogP contribution in [0.15, 0.2) is 0 Å². The van der Waals surface area contributed by atoms with Crippen LogP contribution in [0.4, 0.5) is 0 Å². The van der Waals surface area contributed by atoms with Crippen LogP contribution in [0.3, 0.4) is 0 Å². The number of aliphatic hydroxyl groups is 8. The van der Waals surface area contributed by atoms with Crippen molar-refractivity contribution in [3.63, 3.8) is 0 Å². The Morgan fingerprint density at radius 2 is 0.500 bits per heavy atom. The third kappa shape index (κ3) is 313. The molecule has 0 aromatic rings. The number of hydrogen-bond donors (Lipinski definition) is 10. The first-order chi connectivity index (χ1) is 9.39. The Balaban J connectivity index is -0.0000000469. The van der Waals surface area contributed by atoms with E-state index in [1.165, 1.54) is 0 Å². The molecule has 0 heterocycles. The van der Waals surface area contributed by atoms with Crippen molar-refractivity contribution >= 4 is 0 Å². The van der Waals surface area contributed by atoms with E-state index in [0.717, 1.165) is 0 Å². The molecule has 128 valence electrons. The van der Waals surface area contributed by atoms with E-state index in [1.54, 1.807) is 0 Å². The topological polar surface area (TPSA) is 219 Å². The zero-order valence-corrected chi connectivity index (χ0v) is 12.6. The summed E-state index contributed by atoms with van der Waals surface area (Å²) in [5, 5.41) is 61.0. The molecule has 0 aromatic heterocycles. The van der Waals surface area contributed by atoms with E-state index in [1.807, 2.05) is 0 Å². The van der Waals surface area contributed by atoms with Crippen molar-refractivity contribution in [1.29, 1.82) is 0 Å². The van der Waals surface area contributed by atoms with Crippen molar-refractivity contribution in [2.24, 2.45) is 0 Å². The molecule has 0 aliphatic carbocycles. The van der Waals surface area contributed by atoms with E-state index in [0.29, 0.717) is 0 Å². The van der Waals surface area contributed by atoms with Crippen LogP contribution in [-0.2, 0) is 21.9 Å². The molecule has 0 rings (SSSR count). The van der Waals surface area contributed by atoms with E-state index in [9.17, 15) is 0 Å². The standard InChI is InChI=1S/4C2H6O2.2H2O.O.Ti/c4*3-1-2-4;;;;/h4*3-4H,1-2H2;2*1H2;;/q;;;;;;;+2/p-2. The van der Waals surface area contributed by atoms with Gasteiger partial charge in [0.15, 0.2) is 0 Å². The van der Waals surface area contributed by atoms with Crippen molar-refractivity contribution in [3.05, 3.63) is 0 Å². The summed E-state index contributed by atoms with van der Waals surface area (Å²) in [4.78, 5) is 0. The maximum atomic E-state index is 8.81. The number of rotatable bonds is 4. The van der Waals surface area contributed by atoms with Gasteiger partial charge < -0.3 is 40.9 Å². The first kappa shape index (κ1) is 32.2. The fourth-order valence-corrected chi connectivity index (χ4v) is 0. The van der Waals surface area contributed by atoms with Gasteiger partial charge in [-0.1, -0.05) is 0 Å². The third-order valence-corrected chi connectivity index (χ3v) is 0.400. The van der Waals surface area contributed by atoms with Crippen LogP contribution >= 0.6 is 0 Å². The molecular weight excluding hydrogens is 320 g/mol. The molecule has 0 saturated heterocycles. The van der Waals surface area contributed by atoms with Gasteiger partial charge in [0.25, 0.3) is 0 Å². The predicted molar refractivity (Wildman–Crippen MR) is 61.8 cm³/mol. The van der Waals surface area contributed by atoms with E-state index in [4.69, 9.17) is 51.6 Å². The molecule has 11 nitrogen and oxygen atoms in total. The monoisotopic (exact) mass is 346 g/mol. The molecule has 0 fully saturated rings. The Labute approximate surface area is 123 Å². The van der Waals surface area contributed by atoms with Crippen LogP contribution < -0.4 is 0 Å². The first-order valence-corrected chi connectivity index (χ1v) is 7.22. The van der Waals surface area contributed by atoms with Crippen LogP contribution in [0.1, 0.15) is 0 Å². The van der Waals surface area contributed by atoms with Crippen LogP contribution in [0.25, 0.3) is 0 Å². The van der Waals surface area contributed by atoms with Crippen molar-refractivity contribution in [2.75, 3.05) is 52.9 Å². The van der Waals surface area contributed by atoms with Crippen LogP contribution in [0.5, 0.6) is 0 Å². The van der Waals surface area contributed by atoms with Gasteiger partial charge in [0.1, 0.15) is 0 Å². The second kappa shape index (κ2) is 50.8. The van der Waals surface area contributed by atoms with Crippen molar-refractivity contribution in [2.45, 2.75) is 0 Å². The van der Waals surface area contributed by atoms with Crippen molar-refractivity contribution in [1.82, 2.24) is 0 Å². The van der Waals surface area contributed by atoms with E-state index >= 15 is 0 Å². The number of aliphatic hydroxyl groups excluding tert-OH is 8. The molecule has 0 bridgehead atoms. The molecule has 0 aliphatic rings. The molecule has 0 aliphatic heterocycles. The Hall–Kier alpha value is 0.114. The van der Waals surface area contributed by atoms with Gasteiger partial charge in [-0.2, -0.15) is 0 Å². The Kier molecular flexibility index (Phi) is 81.7. The molecule has 20 heavy (non-hydrogen) atoms. The Bertz CT molecular complexity index is 99.0. The van der Waals surface area contributed by atoms with Gasteiger partial charge in [-0.15, -0.1) is 0 Å². The minimum atomic E-state index is -3.58. The third-order valence-electron chi connectivity index (χ3n) is 0.400. The molecule has 0 amide bonds. The first-order valence-electron chi connectivity index (χ1n) is 5.18. The van der Waals surface area contributed by atoms with Gasteiger partial charge in [-0.05, 0) is 0 Å². The van der Waals surface area contributed by atoms with Gasteiger partial charge in [0.05, 0.1) is 52.9 Å². The predicted octanol–water partition coefficient (Wildman–Crippen LogP) is -5.35. The molecule has 10 N–H and O–H groups in total. The average molecular weight is 346 g/mol. The summed E-state index contributed by atoms with van der Waals surface area (Å²) in [5.74, 6) is 0. The van der Waals surface area contributed by atoms with E-state index in [2.05, 4.69) is 0 Å². The van der Waals surface area contributed by atoms with Gasteiger partial charge in [0.2, 0.25) is 0 Å². The molecule has 0 aromatic carbocycles. The summed E-state index contributed by atoms with van der Waals surface area (Å²) >= 11 is -3.58. The summed E-state index contributed by atoms with van der Waals surface area (Å²) in [7, 11) is 0. The van der Waals surface area contributed by atoms with Crippen molar-refractivity contribution < 1.29 is 70.2 Å². The minimum absolute atomic E-state index is 0.125. The molecule has 0 unspecified atom stereocenters. The summed E-state index contributed by atoms with van der Waals surface area (Å²) in [6.07, 6.45) is 0. The fourth-order valence-electron chi connectivity index (χ4n) is 0. The second-order valence-electron chi connectivity index (χ2n) is 2.07. The SMILES string of the molecule is OCCO.OCCO.OCCO.OCCO.[O]=[Ti]([OH])[OH]. The summed E-state index contributed by atoms with van der Waals surface area (Å²) in [6.45, 7) is -1.00. The van der Waals surface area contributed by atoms with Crippen LogP contribution in [0.2, 0.25) is 0 Å². The summed E-state index contributed by atoms with van der Waals surface area (Å²) < 4.78 is 23.2. The molecule has 12 heteroatoms. The quantitative estimate of drug-likeness (QED) is 0.216. The zero-order valence-electron chi connectivity index (χ0n) is 11.0.